The molecule has 5 unspecified atom stereocenters. The third-order valence-corrected chi connectivity index (χ3v) is 6.46. The van der Waals surface area contributed by atoms with Gasteiger partial charge in [-0.15, -0.1) is 0 Å². The zero-order valence-electron chi connectivity index (χ0n) is 12.4. The van der Waals surface area contributed by atoms with Crippen LogP contribution in [0.5, 0.6) is 11.5 Å². The van der Waals surface area contributed by atoms with E-state index in [9.17, 15) is 15.0 Å². The fraction of sp³-hybridized carbons (Fsp3) is 0.588. The molecule has 1 saturated heterocycles. The number of carbonyl (C=O) groups excluding carboxylic acids is 1. The van der Waals surface area contributed by atoms with Gasteiger partial charge in [-0.3, -0.25) is 4.79 Å². The molecule has 5 nitrogen and oxygen atoms in total. The molecule has 2 heterocycles. The summed E-state index contributed by atoms with van der Waals surface area (Å²) >= 11 is 0. The van der Waals surface area contributed by atoms with Crippen molar-refractivity contribution in [3.05, 3.63) is 23.3 Å². The summed E-state index contributed by atoms with van der Waals surface area (Å²) in [7, 11) is 0. The number of ketones is 1. The number of carbonyl (C=O) groups is 1. The Morgan fingerprint density at radius 1 is 1.41 bits per heavy atom. The number of hydrogen-bond donors (Lipinski definition) is 3. The molecule has 5 heteroatoms. The Balaban J connectivity index is 1.83. The lowest BCUT2D eigenvalue weighted by atomic mass is 9.59. The van der Waals surface area contributed by atoms with Crippen LogP contribution >= 0.6 is 0 Å². The second-order valence-corrected chi connectivity index (χ2v) is 7.32. The second-order valence-electron chi connectivity index (χ2n) is 7.32. The zero-order valence-corrected chi connectivity index (χ0v) is 12.4. The number of phenolic OH excluding ortho intramolecular Hbond substituents is 1. The minimum atomic E-state index is -0.974. The Hall–Kier alpha value is -1.59. The number of benzene rings is 1. The lowest BCUT2D eigenvalue weighted by Gasteiger charge is -2.49. The Labute approximate surface area is 128 Å². The lowest BCUT2D eigenvalue weighted by Crippen LogP contribution is -2.68. The van der Waals surface area contributed by atoms with Crippen molar-refractivity contribution in [1.82, 2.24) is 5.32 Å². The first-order valence-corrected chi connectivity index (χ1v) is 7.97. The molecule has 0 bridgehead atoms. The topological polar surface area (TPSA) is 78.8 Å². The van der Waals surface area contributed by atoms with Crippen LogP contribution < -0.4 is 10.1 Å². The van der Waals surface area contributed by atoms with Gasteiger partial charge in [-0.05, 0) is 43.9 Å². The summed E-state index contributed by atoms with van der Waals surface area (Å²) in [6, 6.07) is 3.48. The van der Waals surface area contributed by atoms with Gasteiger partial charge >= 0.3 is 0 Å². The third kappa shape index (κ3) is 1.13. The van der Waals surface area contributed by atoms with Gasteiger partial charge in [-0.2, -0.15) is 0 Å². The van der Waals surface area contributed by atoms with E-state index in [-0.39, 0.29) is 17.6 Å². The van der Waals surface area contributed by atoms with E-state index < -0.39 is 17.1 Å². The smallest absolute Gasteiger partial charge is 0.174 e. The molecule has 3 N–H and O–H groups in total. The number of aliphatic hydroxyl groups is 1. The Morgan fingerprint density at radius 2 is 2.23 bits per heavy atom. The van der Waals surface area contributed by atoms with Crippen molar-refractivity contribution in [2.75, 3.05) is 6.54 Å². The van der Waals surface area contributed by atoms with Crippen LogP contribution in [0.1, 0.15) is 30.4 Å². The van der Waals surface area contributed by atoms with Crippen molar-refractivity contribution in [3.8, 4) is 11.5 Å². The fourth-order valence-electron chi connectivity index (χ4n) is 5.53. The van der Waals surface area contributed by atoms with Gasteiger partial charge in [-0.1, -0.05) is 6.07 Å². The van der Waals surface area contributed by atoms with Crippen LogP contribution in [-0.2, 0) is 10.2 Å². The Morgan fingerprint density at radius 3 is 2.95 bits per heavy atom. The van der Waals surface area contributed by atoms with E-state index in [0.717, 1.165) is 24.1 Å². The van der Waals surface area contributed by atoms with E-state index in [1.807, 2.05) is 13.0 Å². The highest BCUT2D eigenvalue weighted by Crippen LogP contribution is 2.66. The maximum atomic E-state index is 12.5. The molecule has 1 spiro atoms. The number of hydrogen-bond acceptors (Lipinski definition) is 5. The number of aryl methyl sites for hydroxylation is 1. The molecule has 3 fully saturated rings. The molecule has 2 aliphatic carbocycles. The summed E-state index contributed by atoms with van der Waals surface area (Å²) in [5.74, 6) is 0.877. The van der Waals surface area contributed by atoms with Gasteiger partial charge in [0.25, 0.3) is 0 Å². The SMILES string of the molecule is Cc1ccc(O)c2c1C13CC4CNC4C1(O)CCC(=O)C3O2. The number of ether oxygens (including phenoxy) is 1. The largest absolute Gasteiger partial charge is 0.504 e. The molecule has 116 valence electrons. The van der Waals surface area contributed by atoms with Gasteiger partial charge < -0.3 is 20.3 Å². The molecule has 22 heavy (non-hydrogen) atoms. The van der Waals surface area contributed by atoms with Crippen LogP contribution in [0.3, 0.4) is 0 Å². The maximum absolute atomic E-state index is 12.5. The van der Waals surface area contributed by atoms with Crippen LogP contribution in [-0.4, -0.2) is 40.3 Å². The summed E-state index contributed by atoms with van der Waals surface area (Å²) in [5.41, 5.74) is 0.145. The predicted molar refractivity (Wildman–Crippen MR) is 78.0 cm³/mol. The predicted octanol–water partition coefficient (Wildman–Crippen LogP) is 0.785. The summed E-state index contributed by atoms with van der Waals surface area (Å²) < 4.78 is 5.94. The number of nitrogens with one attached hydrogen (secondary N) is 1. The van der Waals surface area contributed by atoms with E-state index in [0.29, 0.717) is 24.5 Å². The molecule has 0 radical (unpaired) electrons. The maximum Gasteiger partial charge on any atom is 0.174 e. The Bertz CT molecular complexity index is 717. The number of aromatic hydroxyl groups is 1. The molecular weight excluding hydrogens is 282 g/mol. The van der Waals surface area contributed by atoms with Crippen molar-refractivity contribution < 1.29 is 19.7 Å². The van der Waals surface area contributed by atoms with Gasteiger partial charge in [0.15, 0.2) is 23.4 Å². The van der Waals surface area contributed by atoms with Crippen LogP contribution in [0.15, 0.2) is 12.1 Å². The van der Waals surface area contributed by atoms with Crippen LogP contribution in [0.4, 0.5) is 0 Å². The zero-order chi connectivity index (χ0) is 15.3. The van der Waals surface area contributed by atoms with Crippen LogP contribution in [0.25, 0.3) is 0 Å². The fourth-order valence-corrected chi connectivity index (χ4v) is 5.53. The summed E-state index contributed by atoms with van der Waals surface area (Å²) in [5, 5.41) is 25.1. The van der Waals surface area contributed by atoms with E-state index in [1.165, 1.54) is 0 Å². The minimum absolute atomic E-state index is 0.0272. The normalized spacial score (nSPS) is 44.5. The molecule has 5 atom stereocenters. The monoisotopic (exact) mass is 301 g/mol. The number of phenols is 1. The van der Waals surface area contributed by atoms with Crippen molar-refractivity contribution in [2.24, 2.45) is 5.92 Å². The van der Waals surface area contributed by atoms with Crippen molar-refractivity contribution in [2.45, 2.75) is 49.3 Å². The highest BCUT2D eigenvalue weighted by atomic mass is 16.5. The van der Waals surface area contributed by atoms with Crippen molar-refractivity contribution >= 4 is 5.78 Å². The van der Waals surface area contributed by atoms with Gasteiger partial charge in [0.2, 0.25) is 0 Å². The molecule has 1 aromatic carbocycles. The molecule has 4 aliphatic rings. The first-order chi connectivity index (χ1) is 10.5. The highest BCUT2D eigenvalue weighted by molar-refractivity contribution is 5.89. The number of Topliss-reactive ketones (excluding diaryl/α,β-unsaturated/α-hetero) is 1. The summed E-state index contributed by atoms with van der Waals surface area (Å²) in [6.07, 6.45) is 0.880. The second kappa shape index (κ2) is 3.66. The number of fused-ring (bicyclic) bond motifs is 3. The standard InChI is InChI=1S/C17H19NO4/c1-8-2-3-10(19)13-12(8)16-6-9-7-18-14(9)17(16,21)5-4-11(20)15(16)22-13/h2-3,9,14-15,18-19,21H,4-7H2,1H3. The van der Waals surface area contributed by atoms with Gasteiger partial charge in [0.1, 0.15) is 0 Å². The molecule has 0 amide bonds. The van der Waals surface area contributed by atoms with E-state index in [4.69, 9.17) is 4.74 Å². The molecule has 2 saturated carbocycles. The van der Waals surface area contributed by atoms with Crippen molar-refractivity contribution in [1.29, 1.82) is 0 Å². The summed E-state index contributed by atoms with van der Waals surface area (Å²) in [6.45, 7) is 2.84. The first kappa shape index (κ1) is 12.9. The third-order valence-electron chi connectivity index (χ3n) is 6.46. The first-order valence-electron chi connectivity index (χ1n) is 7.97. The van der Waals surface area contributed by atoms with Crippen molar-refractivity contribution in [3.63, 3.8) is 0 Å². The lowest BCUT2D eigenvalue weighted by molar-refractivity contribution is -0.148. The Kier molecular flexibility index (Phi) is 2.15. The quantitative estimate of drug-likeness (QED) is 0.660. The van der Waals surface area contributed by atoms with E-state index in [1.54, 1.807) is 6.07 Å². The average molecular weight is 301 g/mol. The average Bonchev–Trinajstić information content (AvgIpc) is 2.90. The molecule has 2 aliphatic heterocycles. The van der Waals surface area contributed by atoms with E-state index >= 15 is 0 Å². The van der Waals surface area contributed by atoms with Gasteiger partial charge in [0.05, 0.1) is 11.0 Å². The minimum Gasteiger partial charge on any atom is -0.504 e. The van der Waals surface area contributed by atoms with Gasteiger partial charge in [-0.25, -0.2) is 0 Å². The molecule has 0 aromatic heterocycles. The van der Waals surface area contributed by atoms with E-state index in [2.05, 4.69) is 5.32 Å². The highest BCUT2D eigenvalue weighted by Gasteiger charge is 2.75. The number of rotatable bonds is 0. The van der Waals surface area contributed by atoms with Crippen LogP contribution in [0, 0.1) is 12.8 Å². The van der Waals surface area contributed by atoms with Crippen LogP contribution in [0.2, 0.25) is 0 Å². The summed E-state index contributed by atoms with van der Waals surface area (Å²) in [4.78, 5) is 12.5. The molecule has 5 rings (SSSR count). The van der Waals surface area contributed by atoms with Gasteiger partial charge in [0, 0.05) is 18.0 Å². The molecule has 1 aromatic rings. The molecular formula is C17H19NO4.